The number of aromatic nitrogens is 2. The fraction of sp³-hybridized carbons (Fsp3) is 0.360. The monoisotopic (exact) mass is 462 g/mol. The normalized spacial score (nSPS) is 15.7. The molecule has 0 radical (unpaired) electrons. The molecule has 0 saturated heterocycles. The molecule has 34 heavy (non-hydrogen) atoms. The zero-order valence-corrected chi connectivity index (χ0v) is 19.1. The Kier molecular flexibility index (Phi) is 5.91. The maximum atomic E-state index is 13.7. The van der Waals surface area contributed by atoms with E-state index in [4.69, 9.17) is 13.9 Å². The molecule has 3 aromatic rings. The van der Waals surface area contributed by atoms with Crippen LogP contribution in [0.25, 0.3) is 0 Å². The molecular weight excluding hydrogens is 436 g/mol. The number of amides is 2. The van der Waals surface area contributed by atoms with E-state index in [2.05, 4.69) is 15.5 Å². The Hall–Kier alpha value is -3.88. The first-order valence-corrected chi connectivity index (χ1v) is 11.4. The van der Waals surface area contributed by atoms with Gasteiger partial charge in [0.25, 0.3) is 5.91 Å². The van der Waals surface area contributed by atoms with Gasteiger partial charge in [0.15, 0.2) is 11.5 Å². The van der Waals surface area contributed by atoms with Crippen LogP contribution in [0, 0.1) is 5.92 Å². The summed E-state index contributed by atoms with van der Waals surface area (Å²) in [5.74, 6) is 1.50. The van der Waals surface area contributed by atoms with Gasteiger partial charge in [-0.2, -0.15) is 0 Å². The third kappa shape index (κ3) is 4.21. The molecule has 1 aliphatic carbocycles. The number of ether oxygens (including phenoxy) is 2. The van der Waals surface area contributed by atoms with E-state index < -0.39 is 6.04 Å². The first kappa shape index (κ1) is 21.9. The predicted molar refractivity (Wildman–Crippen MR) is 123 cm³/mol. The van der Waals surface area contributed by atoms with Crippen molar-refractivity contribution in [3.8, 4) is 11.5 Å². The molecule has 2 aliphatic rings. The van der Waals surface area contributed by atoms with E-state index in [0.29, 0.717) is 48.2 Å². The van der Waals surface area contributed by atoms with Gasteiger partial charge < -0.3 is 24.1 Å². The van der Waals surface area contributed by atoms with Crippen LogP contribution in [0.15, 0.2) is 47.2 Å². The van der Waals surface area contributed by atoms with Crippen LogP contribution in [0.3, 0.4) is 0 Å². The van der Waals surface area contributed by atoms with Gasteiger partial charge in [0.2, 0.25) is 18.2 Å². The minimum atomic E-state index is -0.391. The molecule has 9 nitrogen and oxygen atoms in total. The SMILES string of the molecule is CCOc1cc(C(Cc2nnco2)N2Cc3cccc(NC(=O)C4CC4)c3C2=O)ccc1OC. The lowest BCUT2D eigenvalue weighted by Gasteiger charge is -2.28. The van der Waals surface area contributed by atoms with Crippen LogP contribution in [0.5, 0.6) is 11.5 Å². The first-order valence-electron chi connectivity index (χ1n) is 11.4. The van der Waals surface area contributed by atoms with Crippen LogP contribution < -0.4 is 14.8 Å². The van der Waals surface area contributed by atoms with Gasteiger partial charge >= 0.3 is 0 Å². The van der Waals surface area contributed by atoms with Crippen molar-refractivity contribution in [2.45, 2.75) is 38.8 Å². The summed E-state index contributed by atoms with van der Waals surface area (Å²) in [5.41, 5.74) is 2.81. The average Bonchev–Trinajstić information content (AvgIpc) is 3.47. The molecule has 1 atom stereocenters. The highest BCUT2D eigenvalue weighted by atomic mass is 16.5. The van der Waals surface area contributed by atoms with E-state index in [-0.39, 0.29) is 17.7 Å². The Bertz CT molecular complexity index is 1210. The molecule has 1 saturated carbocycles. The van der Waals surface area contributed by atoms with E-state index in [9.17, 15) is 9.59 Å². The lowest BCUT2D eigenvalue weighted by molar-refractivity contribution is -0.117. The molecule has 1 unspecified atom stereocenters. The van der Waals surface area contributed by atoms with E-state index in [1.807, 2.05) is 37.3 Å². The van der Waals surface area contributed by atoms with Gasteiger partial charge in [-0.1, -0.05) is 18.2 Å². The van der Waals surface area contributed by atoms with Gasteiger partial charge in [0.1, 0.15) is 0 Å². The average molecular weight is 463 g/mol. The van der Waals surface area contributed by atoms with Gasteiger partial charge in [-0.15, -0.1) is 10.2 Å². The van der Waals surface area contributed by atoms with Crippen molar-refractivity contribution in [1.82, 2.24) is 15.1 Å². The van der Waals surface area contributed by atoms with E-state index in [1.54, 1.807) is 18.1 Å². The molecule has 2 amide bonds. The topological polar surface area (TPSA) is 107 Å². The number of rotatable bonds is 9. The Morgan fingerprint density at radius 2 is 2.12 bits per heavy atom. The summed E-state index contributed by atoms with van der Waals surface area (Å²) in [6.45, 7) is 2.78. The summed E-state index contributed by atoms with van der Waals surface area (Å²) in [4.78, 5) is 27.9. The fourth-order valence-corrected chi connectivity index (χ4v) is 4.35. The lowest BCUT2D eigenvalue weighted by atomic mass is 10.0. The number of benzene rings is 2. The van der Waals surface area contributed by atoms with Gasteiger partial charge in [-0.3, -0.25) is 9.59 Å². The zero-order chi connectivity index (χ0) is 23.7. The van der Waals surface area contributed by atoms with Crippen molar-refractivity contribution in [1.29, 1.82) is 0 Å². The minimum Gasteiger partial charge on any atom is -0.493 e. The van der Waals surface area contributed by atoms with Crippen molar-refractivity contribution in [2.24, 2.45) is 5.92 Å². The van der Waals surface area contributed by atoms with Crippen molar-refractivity contribution in [3.63, 3.8) is 0 Å². The smallest absolute Gasteiger partial charge is 0.257 e. The molecule has 2 heterocycles. The number of methoxy groups -OCH3 is 1. The third-order valence-electron chi connectivity index (χ3n) is 6.19. The van der Waals surface area contributed by atoms with Gasteiger partial charge in [0.05, 0.1) is 37.4 Å². The third-order valence-corrected chi connectivity index (χ3v) is 6.19. The van der Waals surface area contributed by atoms with E-state index >= 15 is 0 Å². The number of carbonyl (C=O) groups excluding carboxylic acids is 2. The second-order valence-electron chi connectivity index (χ2n) is 8.43. The lowest BCUT2D eigenvalue weighted by Crippen LogP contribution is -2.31. The number of nitrogens with zero attached hydrogens (tertiary/aromatic N) is 3. The standard InChI is InChI=1S/C25H26N4O5/c1-3-33-21-11-16(9-10-20(21)32-2)19(12-22-28-26-14-34-22)29-13-17-5-4-6-18(23(17)25(29)31)27-24(30)15-7-8-15/h4-6,9-11,14-15,19H,3,7-8,12-13H2,1-2H3,(H,27,30). The van der Waals surface area contributed by atoms with Crippen LogP contribution in [0.1, 0.15) is 53.2 Å². The van der Waals surface area contributed by atoms with Crippen LogP contribution >= 0.6 is 0 Å². The molecule has 176 valence electrons. The summed E-state index contributed by atoms with van der Waals surface area (Å²) in [5, 5.41) is 10.8. The van der Waals surface area contributed by atoms with Gasteiger partial charge in [0, 0.05) is 12.5 Å². The van der Waals surface area contributed by atoms with Crippen molar-refractivity contribution in [3.05, 3.63) is 65.4 Å². The van der Waals surface area contributed by atoms with Gasteiger partial charge in [-0.05, 0) is 49.1 Å². The molecule has 1 aliphatic heterocycles. The number of hydrogen-bond acceptors (Lipinski definition) is 7. The van der Waals surface area contributed by atoms with Crippen molar-refractivity contribution >= 4 is 17.5 Å². The maximum Gasteiger partial charge on any atom is 0.257 e. The maximum absolute atomic E-state index is 13.7. The Labute approximate surface area is 197 Å². The highest BCUT2D eigenvalue weighted by Gasteiger charge is 2.38. The molecule has 5 rings (SSSR count). The Morgan fingerprint density at radius 3 is 2.82 bits per heavy atom. The summed E-state index contributed by atoms with van der Waals surface area (Å²) < 4.78 is 16.6. The van der Waals surface area contributed by atoms with Crippen LogP contribution in [-0.2, 0) is 17.8 Å². The zero-order valence-electron chi connectivity index (χ0n) is 19.1. The molecule has 0 spiro atoms. The summed E-state index contributed by atoms with van der Waals surface area (Å²) >= 11 is 0. The molecule has 9 heteroatoms. The van der Waals surface area contributed by atoms with Crippen LogP contribution in [0.4, 0.5) is 5.69 Å². The van der Waals surface area contributed by atoms with E-state index in [0.717, 1.165) is 24.0 Å². The van der Waals surface area contributed by atoms with Crippen molar-refractivity contribution in [2.75, 3.05) is 19.0 Å². The summed E-state index contributed by atoms with van der Waals surface area (Å²) in [6.07, 6.45) is 3.40. The molecule has 2 aromatic carbocycles. The molecule has 0 bridgehead atoms. The quantitative estimate of drug-likeness (QED) is 0.516. The largest absolute Gasteiger partial charge is 0.493 e. The summed E-state index contributed by atoms with van der Waals surface area (Å²) in [7, 11) is 1.59. The number of hydrogen-bond donors (Lipinski definition) is 1. The highest BCUT2D eigenvalue weighted by molar-refractivity contribution is 6.07. The van der Waals surface area contributed by atoms with Crippen LogP contribution in [0.2, 0.25) is 0 Å². The Balaban J connectivity index is 1.50. The number of fused-ring (bicyclic) bond motifs is 1. The van der Waals surface area contributed by atoms with E-state index in [1.165, 1.54) is 6.39 Å². The molecule has 1 aromatic heterocycles. The van der Waals surface area contributed by atoms with Gasteiger partial charge in [-0.25, -0.2) is 0 Å². The van der Waals surface area contributed by atoms with Crippen LogP contribution in [-0.4, -0.2) is 40.6 Å². The highest BCUT2D eigenvalue weighted by Crippen LogP contribution is 2.39. The number of carbonyl (C=O) groups is 2. The number of nitrogens with one attached hydrogen (secondary N) is 1. The molecular formula is C25H26N4O5. The van der Waals surface area contributed by atoms with Crippen molar-refractivity contribution < 1.29 is 23.5 Å². The fourth-order valence-electron chi connectivity index (χ4n) is 4.35. The number of anilines is 1. The minimum absolute atomic E-state index is 0.0291. The second-order valence-corrected chi connectivity index (χ2v) is 8.43. The first-order chi connectivity index (χ1) is 16.6. The summed E-state index contributed by atoms with van der Waals surface area (Å²) in [6, 6.07) is 10.8. The second kappa shape index (κ2) is 9.17. The molecule has 1 N–H and O–H groups in total. The predicted octanol–water partition coefficient (Wildman–Crippen LogP) is 3.77. The Morgan fingerprint density at radius 1 is 1.26 bits per heavy atom. The molecule has 1 fully saturated rings.